The third-order valence-electron chi connectivity index (χ3n) is 4.78. The third kappa shape index (κ3) is 5.30. The molecule has 7 nitrogen and oxygen atoms in total. The third-order valence-corrected chi connectivity index (χ3v) is 4.78. The van der Waals surface area contributed by atoms with Crippen LogP contribution in [0.25, 0.3) is 11.1 Å². The van der Waals surface area contributed by atoms with Crippen LogP contribution in [0.2, 0.25) is 0 Å². The van der Waals surface area contributed by atoms with Gasteiger partial charge in [-0.3, -0.25) is 0 Å². The maximum absolute atomic E-state index is 12.3. The maximum Gasteiger partial charge on any atom is 0.407 e. The fourth-order valence-electron chi connectivity index (χ4n) is 3.49. The van der Waals surface area contributed by atoms with Gasteiger partial charge in [-0.1, -0.05) is 48.5 Å². The van der Waals surface area contributed by atoms with Gasteiger partial charge in [0.15, 0.2) is 0 Å². The van der Waals surface area contributed by atoms with Crippen LogP contribution in [0.4, 0.5) is 9.59 Å². The van der Waals surface area contributed by atoms with Crippen molar-refractivity contribution in [1.29, 1.82) is 0 Å². The van der Waals surface area contributed by atoms with E-state index < -0.39 is 23.8 Å². The predicted molar refractivity (Wildman–Crippen MR) is 113 cm³/mol. The van der Waals surface area contributed by atoms with Crippen LogP contribution in [0.1, 0.15) is 37.8 Å². The molecule has 1 atom stereocenters. The Kier molecular flexibility index (Phi) is 6.62. The Labute approximate surface area is 176 Å². The van der Waals surface area contributed by atoms with Crippen LogP contribution < -0.4 is 10.6 Å². The molecule has 2 aromatic rings. The van der Waals surface area contributed by atoms with Crippen molar-refractivity contribution in [2.24, 2.45) is 0 Å². The highest BCUT2D eigenvalue weighted by Gasteiger charge is 2.29. The number of aliphatic hydroxyl groups excluding tert-OH is 1. The van der Waals surface area contributed by atoms with E-state index in [2.05, 4.69) is 22.8 Å². The summed E-state index contributed by atoms with van der Waals surface area (Å²) in [5.74, 6) is -0.0457. The molecule has 0 aliphatic heterocycles. The number of hydrogen-bond acceptors (Lipinski definition) is 5. The van der Waals surface area contributed by atoms with Crippen LogP contribution in [0.15, 0.2) is 48.5 Å². The largest absolute Gasteiger partial charge is 0.449 e. The highest BCUT2D eigenvalue weighted by Crippen LogP contribution is 2.44. The number of carbonyl (C=O) groups is 2. The molecule has 160 valence electrons. The summed E-state index contributed by atoms with van der Waals surface area (Å²) < 4.78 is 10.6. The second-order valence-electron chi connectivity index (χ2n) is 8.23. The molecular weight excluding hydrogens is 384 g/mol. The number of benzene rings is 2. The van der Waals surface area contributed by atoms with Gasteiger partial charge in [-0.15, -0.1) is 0 Å². The van der Waals surface area contributed by atoms with Gasteiger partial charge >= 0.3 is 12.2 Å². The number of nitrogens with one attached hydrogen (secondary N) is 2. The Morgan fingerprint density at radius 2 is 1.57 bits per heavy atom. The first-order valence-electron chi connectivity index (χ1n) is 9.97. The number of rotatable bonds is 6. The molecule has 1 aliphatic carbocycles. The van der Waals surface area contributed by atoms with E-state index in [0.717, 1.165) is 22.3 Å². The normalized spacial score (nSPS) is 13.7. The topological polar surface area (TPSA) is 96.9 Å². The zero-order valence-corrected chi connectivity index (χ0v) is 17.5. The molecule has 30 heavy (non-hydrogen) atoms. The Bertz CT molecular complexity index is 861. The summed E-state index contributed by atoms with van der Waals surface area (Å²) in [5.41, 5.74) is 3.92. The molecule has 1 aliphatic rings. The smallest absolute Gasteiger partial charge is 0.407 e. The Morgan fingerprint density at radius 1 is 1.00 bits per heavy atom. The van der Waals surface area contributed by atoms with Crippen LogP contribution in [0.3, 0.4) is 0 Å². The van der Waals surface area contributed by atoms with Crippen molar-refractivity contribution in [3.05, 3.63) is 59.7 Å². The molecule has 2 aromatic carbocycles. The Balaban J connectivity index is 1.55. The van der Waals surface area contributed by atoms with E-state index in [1.807, 2.05) is 36.4 Å². The van der Waals surface area contributed by atoms with Crippen LogP contribution in [-0.4, -0.2) is 48.7 Å². The fraction of sp³-hybridized carbons (Fsp3) is 0.391. The minimum Gasteiger partial charge on any atom is -0.449 e. The van der Waals surface area contributed by atoms with Gasteiger partial charge in [-0.05, 0) is 43.0 Å². The van der Waals surface area contributed by atoms with E-state index in [4.69, 9.17) is 9.47 Å². The number of alkyl carbamates (subject to hydrolysis) is 2. The second-order valence-corrected chi connectivity index (χ2v) is 8.23. The lowest BCUT2D eigenvalue weighted by atomic mass is 9.98. The summed E-state index contributed by atoms with van der Waals surface area (Å²) in [6.45, 7) is 5.12. The van der Waals surface area contributed by atoms with Crippen molar-refractivity contribution in [3.63, 3.8) is 0 Å². The minimum atomic E-state index is -0.687. The molecule has 3 N–H and O–H groups in total. The molecule has 0 bridgehead atoms. The second kappa shape index (κ2) is 9.17. The average molecular weight is 412 g/mol. The van der Waals surface area contributed by atoms with Gasteiger partial charge in [0.25, 0.3) is 0 Å². The number of fused-ring (bicyclic) bond motifs is 3. The lowest BCUT2D eigenvalue weighted by molar-refractivity contribution is 0.0515. The SMILES string of the molecule is CC(C)(C)OC(=O)NC[C@H](CO)NC(=O)OCC1c2ccccc2-c2ccccc21. The van der Waals surface area contributed by atoms with Crippen molar-refractivity contribution in [2.75, 3.05) is 19.8 Å². The first kappa shape index (κ1) is 21.6. The average Bonchev–Trinajstić information content (AvgIpc) is 3.02. The summed E-state index contributed by atoms with van der Waals surface area (Å²) in [7, 11) is 0. The Morgan fingerprint density at radius 3 is 2.10 bits per heavy atom. The van der Waals surface area contributed by atoms with Gasteiger partial charge in [0, 0.05) is 12.5 Å². The van der Waals surface area contributed by atoms with E-state index in [9.17, 15) is 14.7 Å². The van der Waals surface area contributed by atoms with Crippen molar-refractivity contribution in [3.8, 4) is 11.1 Å². The van der Waals surface area contributed by atoms with Gasteiger partial charge in [-0.25, -0.2) is 9.59 Å². The van der Waals surface area contributed by atoms with Gasteiger partial charge in [0.05, 0.1) is 12.6 Å². The molecule has 0 aromatic heterocycles. The molecule has 0 saturated carbocycles. The summed E-state index contributed by atoms with van der Waals surface area (Å²) >= 11 is 0. The highest BCUT2D eigenvalue weighted by molar-refractivity contribution is 5.79. The summed E-state index contributed by atoms with van der Waals surface area (Å²) in [6, 6.07) is 15.5. The monoisotopic (exact) mass is 412 g/mol. The molecule has 0 heterocycles. The number of carbonyl (C=O) groups excluding carboxylic acids is 2. The van der Waals surface area contributed by atoms with E-state index in [0.29, 0.717) is 0 Å². The maximum atomic E-state index is 12.3. The first-order chi connectivity index (χ1) is 14.3. The molecule has 0 spiro atoms. The van der Waals surface area contributed by atoms with E-state index >= 15 is 0 Å². The number of amides is 2. The lowest BCUT2D eigenvalue weighted by Crippen LogP contribution is -2.47. The summed E-state index contributed by atoms with van der Waals surface area (Å²) in [5, 5.41) is 14.6. The molecule has 3 rings (SSSR count). The zero-order chi connectivity index (χ0) is 21.7. The molecule has 0 radical (unpaired) electrons. The molecule has 0 saturated heterocycles. The van der Waals surface area contributed by atoms with E-state index in [1.165, 1.54) is 0 Å². The number of ether oxygens (including phenoxy) is 2. The molecule has 7 heteroatoms. The van der Waals surface area contributed by atoms with Crippen molar-refractivity contribution >= 4 is 12.2 Å². The van der Waals surface area contributed by atoms with Crippen molar-refractivity contribution in [1.82, 2.24) is 10.6 Å². The van der Waals surface area contributed by atoms with Crippen LogP contribution >= 0.6 is 0 Å². The van der Waals surface area contributed by atoms with E-state index in [1.54, 1.807) is 20.8 Å². The van der Waals surface area contributed by atoms with Crippen molar-refractivity contribution in [2.45, 2.75) is 38.3 Å². The lowest BCUT2D eigenvalue weighted by Gasteiger charge is -2.22. The number of hydrogen-bond donors (Lipinski definition) is 3. The van der Waals surface area contributed by atoms with E-state index in [-0.39, 0.29) is 25.7 Å². The molecule has 0 fully saturated rings. The van der Waals surface area contributed by atoms with Gasteiger partial charge < -0.3 is 25.2 Å². The standard InChI is InChI=1S/C23H28N2O5/c1-23(2,3)30-21(27)24-12-15(13-26)25-22(28)29-14-20-18-10-6-4-8-16(18)17-9-5-7-11-19(17)20/h4-11,15,20,26H,12-14H2,1-3H3,(H,24,27)(H,25,28)/t15-/m1/s1. The fourth-order valence-corrected chi connectivity index (χ4v) is 3.49. The molecule has 0 unspecified atom stereocenters. The predicted octanol–water partition coefficient (Wildman–Crippen LogP) is 3.41. The first-order valence-corrected chi connectivity index (χ1v) is 9.97. The van der Waals surface area contributed by atoms with Gasteiger partial charge in [0.1, 0.15) is 12.2 Å². The zero-order valence-electron chi connectivity index (χ0n) is 17.5. The quantitative estimate of drug-likeness (QED) is 0.676. The minimum absolute atomic E-state index is 0.0234. The van der Waals surface area contributed by atoms with Crippen LogP contribution in [0, 0.1) is 0 Å². The molecular formula is C23H28N2O5. The number of aliphatic hydroxyl groups is 1. The van der Waals surface area contributed by atoms with Crippen molar-refractivity contribution < 1.29 is 24.2 Å². The van der Waals surface area contributed by atoms with Gasteiger partial charge in [0.2, 0.25) is 0 Å². The summed E-state index contributed by atoms with van der Waals surface area (Å²) in [4.78, 5) is 24.0. The van der Waals surface area contributed by atoms with Crippen LogP contribution in [0.5, 0.6) is 0 Å². The molecule has 2 amide bonds. The summed E-state index contributed by atoms with van der Waals surface area (Å²) in [6.07, 6.45) is -1.27. The van der Waals surface area contributed by atoms with Crippen LogP contribution in [-0.2, 0) is 9.47 Å². The highest BCUT2D eigenvalue weighted by atomic mass is 16.6. The Hall–Kier alpha value is -3.06. The van der Waals surface area contributed by atoms with Gasteiger partial charge in [-0.2, -0.15) is 0 Å².